The predicted octanol–water partition coefficient (Wildman–Crippen LogP) is 2.60. The molecule has 0 aliphatic heterocycles. The van der Waals surface area contributed by atoms with Gasteiger partial charge < -0.3 is 4.74 Å². The molecule has 0 unspecified atom stereocenters. The molecule has 134 valence electrons. The van der Waals surface area contributed by atoms with Gasteiger partial charge in [0, 0.05) is 17.1 Å². The highest BCUT2D eigenvalue weighted by Gasteiger charge is 2.20. The first-order chi connectivity index (χ1) is 12.5. The number of nitrogens with one attached hydrogen (secondary N) is 1. The maximum absolute atomic E-state index is 12.4. The zero-order valence-corrected chi connectivity index (χ0v) is 15.0. The van der Waals surface area contributed by atoms with Crippen LogP contribution in [0.25, 0.3) is 22.3 Å². The fourth-order valence-corrected chi connectivity index (χ4v) is 2.83. The maximum Gasteiger partial charge on any atom is 0.339 e. The molecule has 0 radical (unpaired) electrons. The Bertz CT molecular complexity index is 1100. The van der Waals surface area contributed by atoms with Gasteiger partial charge in [0.2, 0.25) is 0 Å². The lowest BCUT2D eigenvalue weighted by Gasteiger charge is -2.12. The summed E-state index contributed by atoms with van der Waals surface area (Å²) in [5.74, 6) is -0.651. The minimum absolute atomic E-state index is 0.0302. The quantitative estimate of drug-likeness (QED) is 0.709. The number of hydrogen-bond acceptors (Lipinski definition) is 5. The number of fused-ring (bicyclic) bond motifs is 1. The summed E-state index contributed by atoms with van der Waals surface area (Å²) >= 11 is 5.92. The topological polar surface area (TPSA) is 94.1 Å². The van der Waals surface area contributed by atoms with E-state index in [1.807, 2.05) is 0 Å². The Kier molecular flexibility index (Phi) is 4.90. The number of carbonyl (C=O) groups is 1. The molecule has 0 bridgehead atoms. The van der Waals surface area contributed by atoms with E-state index in [1.54, 1.807) is 38.1 Å². The number of pyridine rings is 1. The van der Waals surface area contributed by atoms with Crippen LogP contribution < -0.4 is 11.2 Å². The van der Waals surface area contributed by atoms with Gasteiger partial charge in [0.15, 0.2) is 5.65 Å². The largest absolute Gasteiger partial charge is 0.462 e. The van der Waals surface area contributed by atoms with Crippen LogP contribution in [0.3, 0.4) is 0 Å². The minimum Gasteiger partial charge on any atom is -0.462 e. The van der Waals surface area contributed by atoms with Crippen LogP contribution in [0.2, 0.25) is 5.02 Å². The molecule has 3 aromatic rings. The molecule has 0 saturated carbocycles. The number of benzene rings is 1. The predicted molar refractivity (Wildman–Crippen MR) is 98.7 cm³/mol. The first-order valence-electron chi connectivity index (χ1n) is 8.07. The van der Waals surface area contributed by atoms with Crippen molar-refractivity contribution in [3.05, 3.63) is 61.8 Å². The van der Waals surface area contributed by atoms with E-state index in [9.17, 15) is 14.4 Å². The average Bonchev–Trinajstić information content (AvgIpc) is 2.61. The van der Waals surface area contributed by atoms with Crippen LogP contribution in [0.4, 0.5) is 0 Å². The molecule has 0 aliphatic carbocycles. The third kappa shape index (κ3) is 3.13. The van der Waals surface area contributed by atoms with Crippen molar-refractivity contribution >= 4 is 28.6 Å². The molecule has 2 heterocycles. The fourth-order valence-electron chi connectivity index (χ4n) is 2.71. The van der Waals surface area contributed by atoms with Gasteiger partial charge in [0.05, 0.1) is 23.3 Å². The Hall–Kier alpha value is -2.93. The number of halogens is 1. The summed E-state index contributed by atoms with van der Waals surface area (Å²) in [5.41, 5.74) is 0.0668. The van der Waals surface area contributed by atoms with Crippen molar-refractivity contribution in [2.45, 2.75) is 20.4 Å². The highest BCUT2D eigenvalue weighted by Crippen LogP contribution is 2.24. The maximum atomic E-state index is 12.4. The van der Waals surface area contributed by atoms with Gasteiger partial charge >= 0.3 is 11.7 Å². The van der Waals surface area contributed by atoms with Crippen molar-refractivity contribution < 1.29 is 9.53 Å². The summed E-state index contributed by atoms with van der Waals surface area (Å²) in [4.78, 5) is 43.6. The van der Waals surface area contributed by atoms with Crippen molar-refractivity contribution in [1.29, 1.82) is 0 Å². The molecule has 1 aromatic carbocycles. The van der Waals surface area contributed by atoms with Gasteiger partial charge in [-0.2, -0.15) is 0 Å². The van der Waals surface area contributed by atoms with E-state index in [0.29, 0.717) is 16.3 Å². The van der Waals surface area contributed by atoms with Gasteiger partial charge in [-0.1, -0.05) is 23.7 Å². The second-order valence-electron chi connectivity index (χ2n) is 5.48. The number of nitrogens with zero attached hydrogens (tertiary/aromatic N) is 2. The molecule has 7 nitrogen and oxygen atoms in total. The summed E-state index contributed by atoms with van der Waals surface area (Å²) in [6, 6.07) is 8.36. The van der Waals surface area contributed by atoms with Crippen LogP contribution in [0.5, 0.6) is 0 Å². The normalized spacial score (nSPS) is 10.9. The second kappa shape index (κ2) is 7.13. The number of esters is 1. The molecule has 0 saturated heterocycles. The van der Waals surface area contributed by atoms with Crippen molar-refractivity contribution in [2.24, 2.45) is 0 Å². The van der Waals surface area contributed by atoms with E-state index >= 15 is 0 Å². The summed E-state index contributed by atoms with van der Waals surface area (Å²) < 4.78 is 6.38. The van der Waals surface area contributed by atoms with Crippen LogP contribution >= 0.6 is 11.6 Å². The molecular weight excluding hydrogens is 358 g/mol. The third-order valence-electron chi connectivity index (χ3n) is 3.90. The van der Waals surface area contributed by atoms with Crippen molar-refractivity contribution in [3.8, 4) is 11.3 Å². The summed E-state index contributed by atoms with van der Waals surface area (Å²) in [6.45, 7) is 3.86. The Morgan fingerprint density at radius 3 is 2.54 bits per heavy atom. The highest BCUT2D eigenvalue weighted by atomic mass is 35.5. The van der Waals surface area contributed by atoms with E-state index in [1.165, 1.54) is 10.6 Å². The second-order valence-corrected chi connectivity index (χ2v) is 5.92. The summed E-state index contributed by atoms with van der Waals surface area (Å²) in [6.07, 6.45) is 0. The van der Waals surface area contributed by atoms with E-state index in [2.05, 4.69) is 9.97 Å². The van der Waals surface area contributed by atoms with Crippen LogP contribution in [-0.4, -0.2) is 27.1 Å². The van der Waals surface area contributed by atoms with Gasteiger partial charge in [0.25, 0.3) is 5.56 Å². The van der Waals surface area contributed by atoms with Gasteiger partial charge in [-0.25, -0.2) is 14.6 Å². The molecule has 0 spiro atoms. The summed E-state index contributed by atoms with van der Waals surface area (Å²) in [5, 5.41) is 0.588. The van der Waals surface area contributed by atoms with E-state index in [0.717, 1.165) is 0 Å². The number of aromatic amines is 1. The number of rotatable bonds is 4. The van der Waals surface area contributed by atoms with Crippen molar-refractivity contribution in [1.82, 2.24) is 14.5 Å². The van der Waals surface area contributed by atoms with Gasteiger partial charge in [0.1, 0.15) is 0 Å². The Morgan fingerprint density at radius 2 is 1.92 bits per heavy atom. The lowest BCUT2D eigenvalue weighted by atomic mass is 10.1. The average molecular weight is 374 g/mol. The van der Waals surface area contributed by atoms with Gasteiger partial charge in [-0.05, 0) is 32.0 Å². The zero-order valence-electron chi connectivity index (χ0n) is 14.2. The van der Waals surface area contributed by atoms with E-state index < -0.39 is 17.2 Å². The number of hydrogen-bond donors (Lipinski definition) is 1. The van der Waals surface area contributed by atoms with E-state index in [-0.39, 0.29) is 29.7 Å². The molecule has 0 fully saturated rings. The van der Waals surface area contributed by atoms with Crippen LogP contribution in [0.15, 0.2) is 39.9 Å². The number of aryl methyl sites for hydroxylation is 1. The standard InChI is InChI=1S/C18H16ClN3O4/c1-3-22-15-14(16(23)21-18(22)25)12(17(24)26-4-2)9-13(20-15)10-5-7-11(19)8-6-10/h5-9H,3-4H2,1-2H3,(H,21,23,25). The molecule has 3 rings (SSSR count). The van der Waals surface area contributed by atoms with E-state index in [4.69, 9.17) is 16.3 Å². The molecular formula is C18H16ClN3O4. The zero-order chi connectivity index (χ0) is 18.8. The van der Waals surface area contributed by atoms with Crippen molar-refractivity contribution in [2.75, 3.05) is 6.61 Å². The first-order valence-corrected chi connectivity index (χ1v) is 8.45. The van der Waals surface area contributed by atoms with Crippen LogP contribution in [0.1, 0.15) is 24.2 Å². The van der Waals surface area contributed by atoms with Crippen LogP contribution in [-0.2, 0) is 11.3 Å². The summed E-state index contributed by atoms with van der Waals surface area (Å²) in [7, 11) is 0. The number of carbonyl (C=O) groups excluding carboxylic acids is 1. The number of H-pyrrole nitrogens is 1. The molecule has 26 heavy (non-hydrogen) atoms. The smallest absolute Gasteiger partial charge is 0.339 e. The Morgan fingerprint density at radius 1 is 1.23 bits per heavy atom. The third-order valence-corrected chi connectivity index (χ3v) is 4.15. The Balaban J connectivity index is 2.41. The van der Waals surface area contributed by atoms with Crippen molar-refractivity contribution in [3.63, 3.8) is 0 Å². The highest BCUT2D eigenvalue weighted by molar-refractivity contribution is 6.30. The molecule has 0 atom stereocenters. The molecule has 0 amide bonds. The fraction of sp³-hybridized carbons (Fsp3) is 0.222. The number of ether oxygens (including phenoxy) is 1. The Labute approximate surface area is 153 Å². The SMILES string of the molecule is CCOC(=O)c1cc(-c2ccc(Cl)cc2)nc2c1c(=O)[nH]c(=O)n2CC. The minimum atomic E-state index is -0.673. The lowest BCUT2D eigenvalue weighted by molar-refractivity contribution is 0.0528. The molecule has 0 aliphatic rings. The number of aromatic nitrogens is 3. The molecule has 2 aromatic heterocycles. The first kappa shape index (κ1) is 17.9. The van der Waals surface area contributed by atoms with Gasteiger partial charge in [-0.3, -0.25) is 14.3 Å². The molecule has 1 N–H and O–H groups in total. The lowest BCUT2D eigenvalue weighted by Crippen LogP contribution is -2.31. The van der Waals surface area contributed by atoms with Gasteiger partial charge in [-0.15, -0.1) is 0 Å². The molecule has 8 heteroatoms. The van der Waals surface area contributed by atoms with Crippen LogP contribution in [0, 0.1) is 0 Å². The monoisotopic (exact) mass is 373 g/mol.